The highest BCUT2D eigenvalue weighted by atomic mass is 35.5. The first-order valence-electron chi connectivity index (χ1n) is 10.5. The van der Waals surface area contributed by atoms with Crippen molar-refractivity contribution in [2.24, 2.45) is 0 Å². The first-order chi connectivity index (χ1) is 14.9. The van der Waals surface area contributed by atoms with Gasteiger partial charge in [0, 0.05) is 28.0 Å². The number of nitrogens with zero attached hydrogens (tertiary/aromatic N) is 2. The molecule has 0 aliphatic carbocycles. The average molecular weight is 431 g/mol. The lowest BCUT2D eigenvalue weighted by Crippen LogP contribution is -2.47. The number of anilines is 2. The van der Waals surface area contributed by atoms with Crippen molar-refractivity contribution in [3.8, 4) is 0 Å². The van der Waals surface area contributed by atoms with Crippen LogP contribution < -0.4 is 9.80 Å². The fourth-order valence-electron chi connectivity index (χ4n) is 4.83. The van der Waals surface area contributed by atoms with Crippen molar-refractivity contribution in [2.75, 3.05) is 9.80 Å². The second-order valence-corrected chi connectivity index (χ2v) is 8.85. The van der Waals surface area contributed by atoms with Crippen LogP contribution in [-0.4, -0.2) is 17.9 Å². The van der Waals surface area contributed by atoms with Crippen molar-refractivity contribution in [2.45, 2.75) is 38.8 Å². The summed E-state index contributed by atoms with van der Waals surface area (Å²) >= 11 is 6.16. The molecule has 2 heterocycles. The van der Waals surface area contributed by atoms with Gasteiger partial charge >= 0.3 is 0 Å². The number of rotatable bonds is 2. The summed E-state index contributed by atoms with van der Waals surface area (Å²) in [6, 6.07) is 21.1. The number of para-hydroxylation sites is 1. The van der Waals surface area contributed by atoms with E-state index in [1.165, 1.54) is 0 Å². The molecule has 2 atom stereocenters. The minimum Gasteiger partial charge on any atom is -0.305 e. The maximum atomic E-state index is 13.4. The van der Waals surface area contributed by atoms with Gasteiger partial charge < -0.3 is 9.80 Å². The first kappa shape index (κ1) is 19.8. The molecule has 2 aliphatic heterocycles. The predicted octanol–water partition coefficient (Wildman–Crippen LogP) is 5.72. The molecule has 0 saturated carbocycles. The zero-order valence-corrected chi connectivity index (χ0v) is 18.3. The number of hydrogen-bond acceptors (Lipinski definition) is 2. The highest BCUT2D eigenvalue weighted by molar-refractivity contribution is 6.31. The molecule has 2 aliphatic rings. The normalized spacial score (nSPS) is 19.9. The van der Waals surface area contributed by atoms with Crippen molar-refractivity contribution in [3.63, 3.8) is 0 Å². The summed E-state index contributed by atoms with van der Waals surface area (Å²) < 4.78 is 0. The summed E-state index contributed by atoms with van der Waals surface area (Å²) in [5, 5.41) is 0.640. The van der Waals surface area contributed by atoms with Crippen molar-refractivity contribution in [1.29, 1.82) is 0 Å². The van der Waals surface area contributed by atoms with Crippen LogP contribution in [0, 0.1) is 6.92 Å². The van der Waals surface area contributed by atoms with Crippen LogP contribution in [0.1, 0.15) is 46.4 Å². The Morgan fingerprint density at radius 3 is 2.52 bits per heavy atom. The molecule has 3 aromatic rings. The number of fused-ring (bicyclic) bond motifs is 2. The van der Waals surface area contributed by atoms with E-state index in [1.54, 1.807) is 0 Å². The van der Waals surface area contributed by atoms with Crippen LogP contribution in [0.4, 0.5) is 11.4 Å². The quantitative estimate of drug-likeness (QED) is 0.521. The van der Waals surface area contributed by atoms with E-state index in [0.717, 1.165) is 28.1 Å². The molecule has 0 N–H and O–H groups in total. The molecule has 0 radical (unpaired) electrons. The van der Waals surface area contributed by atoms with Gasteiger partial charge in [-0.3, -0.25) is 9.59 Å². The van der Waals surface area contributed by atoms with Crippen LogP contribution in [-0.2, 0) is 11.2 Å². The summed E-state index contributed by atoms with van der Waals surface area (Å²) in [4.78, 5) is 30.2. The average Bonchev–Trinajstić information content (AvgIpc) is 3.08. The van der Waals surface area contributed by atoms with Crippen LogP contribution in [0.15, 0.2) is 66.7 Å². The SMILES string of the molecule is Cc1ccc(C(=O)N2c3ccccc3[C@H](N3C(=O)Cc4cc(Cl)ccc43)C[C@@H]2C)cc1. The minimum atomic E-state index is -0.122. The van der Waals surface area contributed by atoms with Gasteiger partial charge in [0.1, 0.15) is 0 Å². The van der Waals surface area contributed by atoms with Crippen LogP contribution in [0.3, 0.4) is 0 Å². The third kappa shape index (κ3) is 3.31. The van der Waals surface area contributed by atoms with Gasteiger partial charge in [-0.25, -0.2) is 0 Å². The van der Waals surface area contributed by atoms with Gasteiger partial charge in [-0.05, 0) is 67.8 Å². The standard InChI is InChI=1S/C26H23ClN2O2/c1-16-7-9-18(10-8-16)26(31)28-17(2)13-24(21-5-3-4-6-23(21)28)29-22-12-11-20(27)14-19(22)15-25(29)30/h3-12,14,17,24H,13,15H2,1-2H3/t17-,24+/m0/s1. The summed E-state index contributed by atoms with van der Waals surface area (Å²) in [6.45, 7) is 4.06. The molecule has 0 spiro atoms. The second kappa shape index (κ2) is 7.54. The van der Waals surface area contributed by atoms with Crippen LogP contribution in [0.25, 0.3) is 0 Å². The molecule has 0 aromatic heterocycles. The van der Waals surface area contributed by atoms with E-state index in [1.807, 2.05) is 83.5 Å². The largest absolute Gasteiger partial charge is 0.305 e. The number of hydrogen-bond donors (Lipinski definition) is 0. The molecule has 0 fully saturated rings. The van der Waals surface area contributed by atoms with Crippen LogP contribution in [0.2, 0.25) is 5.02 Å². The lowest BCUT2D eigenvalue weighted by Gasteiger charge is -2.42. The number of carbonyl (C=O) groups is 2. The second-order valence-electron chi connectivity index (χ2n) is 8.41. The number of aryl methyl sites for hydroxylation is 1. The first-order valence-corrected chi connectivity index (χ1v) is 10.9. The van der Waals surface area contributed by atoms with Gasteiger partial charge in [0.15, 0.2) is 0 Å². The third-order valence-corrected chi connectivity index (χ3v) is 6.54. The van der Waals surface area contributed by atoms with Crippen molar-refractivity contribution >= 4 is 34.8 Å². The van der Waals surface area contributed by atoms with E-state index in [-0.39, 0.29) is 23.9 Å². The number of carbonyl (C=O) groups excluding carboxylic acids is 2. The maximum Gasteiger partial charge on any atom is 0.258 e. The molecule has 5 heteroatoms. The molecular weight excluding hydrogens is 408 g/mol. The van der Waals surface area contributed by atoms with Gasteiger partial charge in [0.25, 0.3) is 5.91 Å². The molecule has 4 nitrogen and oxygen atoms in total. The topological polar surface area (TPSA) is 40.6 Å². The molecule has 5 rings (SSSR count). The summed E-state index contributed by atoms with van der Waals surface area (Å²) in [7, 11) is 0. The van der Waals surface area contributed by atoms with Gasteiger partial charge in [0.2, 0.25) is 5.91 Å². The van der Waals surface area contributed by atoms with E-state index in [4.69, 9.17) is 11.6 Å². The monoisotopic (exact) mass is 430 g/mol. The summed E-state index contributed by atoms with van der Waals surface area (Å²) in [5.41, 5.74) is 5.53. The third-order valence-electron chi connectivity index (χ3n) is 6.30. The number of benzene rings is 3. The van der Waals surface area contributed by atoms with Crippen molar-refractivity contribution < 1.29 is 9.59 Å². The van der Waals surface area contributed by atoms with Gasteiger partial charge in [-0.2, -0.15) is 0 Å². The lowest BCUT2D eigenvalue weighted by molar-refractivity contribution is -0.117. The lowest BCUT2D eigenvalue weighted by atomic mass is 9.89. The Hall–Kier alpha value is -3.11. The van der Waals surface area contributed by atoms with E-state index >= 15 is 0 Å². The number of amides is 2. The van der Waals surface area contributed by atoms with Crippen molar-refractivity contribution in [1.82, 2.24) is 0 Å². The Balaban J connectivity index is 1.57. The molecule has 0 unspecified atom stereocenters. The molecular formula is C26H23ClN2O2. The van der Waals surface area contributed by atoms with E-state index in [9.17, 15) is 9.59 Å². The fraction of sp³-hybridized carbons (Fsp3) is 0.231. The highest BCUT2D eigenvalue weighted by Gasteiger charge is 2.41. The van der Waals surface area contributed by atoms with Gasteiger partial charge in [-0.1, -0.05) is 47.5 Å². The van der Waals surface area contributed by atoms with Gasteiger partial charge in [0.05, 0.1) is 12.5 Å². The van der Waals surface area contributed by atoms with Crippen molar-refractivity contribution in [3.05, 3.63) is 94.0 Å². The zero-order valence-electron chi connectivity index (χ0n) is 17.5. The van der Waals surface area contributed by atoms with E-state index < -0.39 is 0 Å². The van der Waals surface area contributed by atoms with Crippen LogP contribution >= 0.6 is 11.6 Å². The fourth-order valence-corrected chi connectivity index (χ4v) is 5.02. The molecule has 156 valence electrons. The molecule has 0 saturated heterocycles. The summed E-state index contributed by atoms with van der Waals surface area (Å²) in [5.74, 6) is 0.0564. The maximum absolute atomic E-state index is 13.4. The Kier molecular flexibility index (Phi) is 4.82. The van der Waals surface area contributed by atoms with E-state index in [0.29, 0.717) is 23.4 Å². The van der Waals surface area contributed by atoms with E-state index in [2.05, 4.69) is 6.92 Å². The number of halogens is 1. The van der Waals surface area contributed by atoms with Crippen LogP contribution in [0.5, 0.6) is 0 Å². The Morgan fingerprint density at radius 2 is 1.74 bits per heavy atom. The highest BCUT2D eigenvalue weighted by Crippen LogP contribution is 2.45. The zero-order chi connectivity index (χ0) is 21.7. The predicted molar refractivity (Wildman–Crippen MR) is 124 cm³/mol. The summed E-state index contributed by atoms with van der Waals surface area (Å²) in [6.07, 6.45) is 1.03. The Morgan fingerprint density at radius 1 is 1.00 bits per heavy atom. The molecule has 2 amide bonds. The molecule has 3 aromatic carbocycles. The van der Waals surface area contributed by atoms with Gasteiger partial charge in [-0.15, -0.1) is 0 Å². The molecule has 0 bridgehead atoms. The Bertz CT molecular complexity index is 1190. The Labute approximate surface area is 187 Å². The minimum absolute atomic E-state index is 0.0154. The smallest absolute Gasteiger partial charge is 0.258 e. The molecule has 31 heavy (non-hydrogen) atoms.